The second-order valence-electron chi connectivity index (χ2n) is 5.24. The molecule has 1 aliphatic rings. The standard InChI is InChI=1S/C16H19ClN4O2S/c1-2-6-19-16(24)21-8-7-18-15(23)13(21)10-14(22)20-12-5-3-4-11(17)9-12/h2-5,9,13H,1,6-8,10H2,(H,18,23)(H,19,24)(H,20,22)/t13-/m0/s1. The molecule has 0 unspecified atom stereocenters. The number of rotatable bonds is 5. The lowest BCUT2D eigenvalue weighted by Gasteiger charge is -2.36. The molecule has 8 heteroatoms. The molecule has 1 saturated heterocycles. The van der Waals surface area contributed by atoms with Crippen LogP contribution in [0, 0.1) is 0 Å². The zero-order valence-corrected chi connectivity index (χ0v) is 14.6. The van der Waals surface area contributed by atoms with Gasteiger partial charge in [-0.05, 0) is 30.4 Å². The van der Waals surface area contributed by atoms with E-state index in [4.69, 9.17) is 23.8 Å². The molecule has 0 bridgehead atoms. The summed E-state index contributed by atoms with van der Waals surface area (Å²) in [4.78, 5) is 26.2. The summed E-state index contributed by atoms with van der Waals surface area (Å²) in [5.41, 5.74) is 0.586. The number of hydrogen-bond donors (Lipinski definition) is 3. The van der Waals surface area contributed by atoms with Gasteiger partial charge in [0.25, 0.3) is 0 Å². The minimum absolute atomic E-state index is 0.00570. The first-order chi connectivity index (χ1) is 11.5. The third-order valence-electron chi connectivity index (χ3n) is 3.48. The van der Waals surface area contributed by atoms with Crippen molar-refractivity contribution in [2.75, 3.05) is 25.0 Å². The number of carbonyl (C=O) groups excluding carboxylic acids is 2. The molecule has 3 N–H and O–H groups in total. The fourth-order valence-electron chi connectivity index (χ4n) is 2.38. The molecule has 1 atom stereocenters. The number of benzene rings is 1. The quantitative estimate of drug-likeness (QED) is 0.544. The van der Waals surface area contributed by atoms with Crippen LogP contribution in [-0.2, 0) is 9.59 Å². The highest BCUT2D eigenvalue weighted by Crippen LogP contribution is 2.16. The molecule has 0 aliphatic carbocycles. The van der Waals surface area contributed by atoms with E-state index < -0.39 is 6.04 Å². The van der Waals surface area contributed by atoms with Crippen molar-refractivity contribution >= 4 is 46.4 Å². The smallest absolute Gasteiger partial charge is 0.243 e. The van der Waals surface area contributed by atoms with E-state index in [-0.39, 0.29) is 18.2 Å². The number of amides is 2. The highest BCUT2D eigenvalue weighted by Gasteiger charge is 2.33. The molecule has 0 spiro atoms. The first kappa shape index (κ1) is 18.2. The Balaban J connectivity index is 2.02. The number of carbonyl (C=O) groups is 2. The lowest BCUT2D eigenvalue weighted by molar-refractivity contribution is -0.130. The summed E-state index contributed by atoms with van der Waals surface area (Å²) >= 11 is 11.2. The number of nitrogens with one attached hydrogen (secondary N) is 3. The molecular weight excluding hydrogens is 348 g/mol. The van der Waals surface area contributed by atoms with Crippen LogP contribution in [0.3, 0.4) is 0 Å². The first-order valence-corrected chi connectivity index (χ1v) is 8.28. The first-order valence-electron chi connectivity index (χ1n) is 7.49. The van der Waals surface area contributed by atoms with E-state index in [0.717, 1.165) is 0 Å². The molecule has 2 amide bonds. The fourth-order valence-corrected chi connectivity index (χ4v) is 2.87. The molecule has 1 aromatic carbocycles. The van der Waals surface area contributed by atoms with Crippen molar-refractivity contribution < 1.29 is 9.59 Å². The molecule has 0 aromatic heterocycles. The Morgan fingerprint density at radius 1 is 1.54 bits per heavy atom. The SMILES string of the molecule is C=CCNC(=S)N1CCNC(=O)[C@@H]1CC(=O)Nc1cccc(Cl)c1. The molecule has 1 aromatic rings. The maximum atomic E-state index is 12.3. The van der Waals surface area contributed by atoms with Crippen molar-refractivity contribution in [1.82, 2.24) is 15.5 Å². The van der Waals surface area contributed by atoms with Gasteiger partial charge in [-0.25, -0.2) is 0 Å². The van der Waals surface area contributed by atoms with E-state index in [1.54, 1.807) is 35.2 Å². The van der Waals surface area contributed by atoms with Gasteiger partial charge in [0.15, 0.2) is 5.11 Å². The van der Waals surface area contributed by atoms with E-state index in [0.29, 0.717) is 35.5 Å². The minimum Gasteiger partial charge on any atom is -0.359 e. The predicted octanol–water partition coefficient (Wildman–Crippen LogP) is 1.53. The van der Waals surface area contributed by atoms with E-state index >= 15 is 0 Å². The van der Waals surface area contributed by atoms with Gasteiger partial charge in [0.1, 0.15) is 6.04 Å². The van der Waals surface area contributed by atoms with Crippen LogP contribution in [0.15, 0.2) is 36.9 Å². The summed E-state index contributed by atoms with van der Waals surface area (Å²) in [6, 6.07) is 6.19. The Hall–Kier alpha value is -2.12. The van der Waals surface area contributed by atoms with Crippen molar-refractivity contribution in [3.05, 3.63) is 41.9 Å². The van der Waals surface area contributed by atoms with Crippen LogP contribution in [0.4, 0.5) is 5.69 Å². The molecular formula is C16H19ClN4O2S. The van der Waals surface area contributed by atoms with Crippen molar-refractivity contribution in [3.8, 4) is 0 Å². The molecule has 1 aliphatic heterocycles. The highest BCUT2D eigenvalue weighted by atomic mass is 35.5. The zero-order valence-electron chi connectivity index (χ0n) is 13.0. The number of halogens is 1. The van der Waals surface area contributed by atoms with E-state index in [1.165, 1.54) is 0 Å². The van der Waals surface area contributed by atoms with Gasteiger partial charge in [-0.15, -0.1) is 6.58 Å². The molecule has 0 radical (unpaired) electrons. The summed E-state index contributed by atoms with van der Waals surface area (Å²) in [5.74, 6) is -0.499. The summed E-state index contributed by atoms with van der Waals surface area (Å²) in [6.45, 7) is 5.15. The summed E-state index contributed by atoms with van der Waals surface area (Å²) < 4.78 is 0. The van der Waals surface area contributed by atoms with Crippen LogP contribution in [0.5, 0.6) is 0 Å². The zero-order chi connectivity index (χ0) is 17.5. The summed E-state index contributed by atoms with van der Waals surface area (Å²) in [5, 5.41) is 9.46. The van der Waals surface area contributed by atoms with Gasteiger partial charge in [-0.2, -0.15) is 0 Å². The van der Waals surface area contributed by atoms with Crippen LogP contribution >= 0.6 is 23.8 Å². The largest absolute Gasteiger partial charge is 0.359 e. The van der Waals surface area contributed by atoms with Crippen LogP contribution in [0.2, 0.25) is 5.02 Å². The average molecular weight is 367 g/mol. The van der Waals surface area contributed by atoms with Crippen molar-refractivity contribution in [2.45, 2.75) is 12.5 Å². The monoisotopic (exact) mass is 366 g/mol. The fraction of sp³-hybridized carbons (Fsp3) is 0.312. The second-order valence-corrected chi connectivity index (χ2v) is 6.06. The van der Waals surface area contributed by atoms with Crippen molar-refractivity contribution in [2.24, 2.45) is 0 Å². The van der Waals surface area contributed by atoms with Crippen LogP contribution < -0.4 is 16.0 Å². The maximum Gasteiger partial charge on any atom is 0.243 e. The lowest BCUT2D eigenvalue weighted by Crippen LogP contribution is -2.60. The molecule has 6 nitrogen and oxygen atoms in total. The number of thiocarbonyl (C=S) groups is 1. The molecule has 1 heterocycles. The van der Waals surface area contributed by atoms with Gasteiger partial charge in [0.2, 0.25) is 11.8 Å². The Labute approximate surface area is 151 Å². The third kappa shape index (κ3) is 4.94. The summed E-state index contributed by atoms with van der Waals surface area (Å²) in [7, 11) is 0. The minimum atomic E-state index is -0.650. The molecule has 24 heavy (non-hydrogen) atoms. The third-order valence-corrected chi connectivity index (χ3v) is 4.09. The lowest BCUT2D eigenvalue weighted by atomic mass is 10.1. The van der Waals surface area contributed by atoms with Crippen LogP contribution in [0.25, 0.3) is 0 Å². The molecule has 2 rings (SSSR count). The van der Waals surface area contributed by atoms with Gasteiger partial charge >= 0.3 is 0 Å². The van der Waals surface area contributed by atoms with Gasteiger partial charge < -0.3 is 20.9 Å². The Bertz CT molecular complexity index is 653. The summed E-state index contributed by atoms with van der Waals surface area (Å²) in [6.07, 6.45) is 1.67. The average Bonchev–Trinajstić information content (AvgIpc) is 2.54. The highest BCUT2D eigenvalue weighted by molar-refractivity contribution is 7.80. The van der Waals surface area contributed by atoms with Crippen LogP contribution in [0.1, 0.15) is 6.42 Å². The van der Waals surface area contributed by atoms with E-state index in [1.807, 2.05) is 0 Å². The van der Waals surface area contributed by atoms with E-state index in [2.05, 4.69) is 22.5 Å². The predicted molar refractivity (Wildman–Crippen MR) is 99.0 cm³/mol. The number of nitrogens with zero attached hydrogens (tertiary/aromatic N) is 1. The van der Waals surface area contributed by atoms with E-state index in [9.17, 15) is 9.59 Å². The molecule has 0 saturated carbocycles. The number of hydrogen-bond acceptors (Lipinski definition) is 3. The Morgan fingerprint density at radius 3 is 3.04 bits per heavy atom. The number of piperazine rings is 1. The van der Waals surface area contributed by atoms with Gasteiger partial charge in [0.05, 0.1) is 6.42 Å². The van der Waals surface area contributed by atoms with Gasteiger partial charge in [-0.3, -0.25) is 9.59 Å². The topological polar surface area (TPSA) is 73.5 Å². The van der Waals surface area contributed by atoms with Crippen molar-refractivity contribution in [1.29, 1.82) is 0 Å². The molecule has 128 valence electrons. The Morgan fingerprint density at radius 2 is 2.33 bits per heavy atom. The normalized spacial score (nSPS) is 17.0. The molecule has 1 fully saturated rings. The second kappa shape index (κ2) is 8.65. The van der Waals surface area contributed by atoms with Gasteiger partial charge in [-0.1, -0.05) is 23.7 Å². The van der Waals surface area contributed by atoms with Crippen molar-refractivity contribution in [3.63, 3.8) is 0 Å². The maximum absolute atomic E-state index is 12.3. The van der Waals surface area contributed by atoms with Crippen LogP contribution in [-0.4, -0.2) is 47.5 Å². The Kier molecular flexibility index (Phi) is 6.57. The van der Waals surface area contributed by atoms with Gasteiger partial charge in [0, 0.05) is 30.3 Å². The number of anilines is 1.